The quantitative estimate of drug-likeness (QED) is 0.131. The molecule has 220 valence electrons. The van der Waals surface area contributed by atoms with E-state index in [2.05, 4.69) is 111 Å². The van der Waals surface area contributed by atoms with Crippen molar-refractivity contribution in [2.24, 2.45) is 0 Å². The SMILES string of the molecule is CC(C)(C)c1cccc2c3ccc(Oc4[c-]c5c(cc4)c4cccc(C(C)(C)C)c4n4ccnc54)[c-]c3c3nccn3c12.[Pt+2]. The molecule has 0 spiro atoms. The maximum atomic E-state index is 6.44. The van der Waals surface area contributed by atoms with Crippen molar-refractivity contribution < 1.29 is 25.8 Å². The molecule has 6 heteroatoms. The van der Waals surface area contributed by atoms with E-state index in [-0.39, 0.29) is 31.9 Å². The summed E-state index contributed by atoms with van der Waals surface area (Å²) in [5, 5.41) is 6.42. The van der Waals surface area contributed by atoms with E-state index >= 15 is 0 Å². The Morgan fingerprint density at radius 2 is 1.00 bits per heavy atom. The fourth-order valence-electron chi connectivity index (χ4n) is 6.58. The Kier molecular flexibility index (Phi) is 6.43. The summed E-state index contributed by atoms with van der Waals surface area (Å²) >= 11 is 0. The average Bonchev–Trinajstić information content (AvgIpc) is 3.67. The minimum absolute atomic E-state index is 0. The van der Waals surface area contributed by atoms with Crippen LogP contribution in [0.3, 0.4) is 0 Å². The summed E-state index contributed by atoms with van der Waals surface area (Å²) in [6, 6.07) is 28.4. The Balaban J connectivity index is 0.00000312. The summed E-state index contributed by atoms with van der Waals surface area (Å²) in [6.07, 6.45) is 7.79. The normalized spacial score (nSPS) is 12.6. The molecule has 5 nitrogen and oxygen atoms in total. The molecule has 0 atom stereocenters. The third-order valence-electron chi connectivity index (χ3n) is 8.54. The van der Waals surface area contributed by atoms with E-state index in [0.29, 0.717) is 11.5 Å². The first kappa shape index (κ1) is 28.6. The number of para-hydroxylation sites is 2. The van der Waals surface area contributed by atoms with Crippen molar-refractivity contribution in [3.63, 3.8) is 0 Å². The number of nitrogens with zero attached hydrogens (tertiary/aromatic N) is 4. The van der Waals surface area contributed by atoms with E-state index in [1.165, 1.54) is 32.9 Å². The van der Waals surface area contributed by atoms with Gasteiger partial charge in [-0.25, -0.2) is 0 Å². The van der Waals surface area contributed by atoms with Crippen LogP contribution in [0.1, 0.15) is 52.7 Å². The van der Waals surface area contributed by atoms with E-state index in [4.69, 9.17) is 14.7 Å². The molecule has 0 aliphatic carbocycles. The van der Waals surface area contributed by atoms with Crippen LogP contribution in [0.5, 0.6) is 11.5 Å². The fraction of sp³-hybridized carbons (Fsp3) is 0.211. The second kappa shape index (κ2) is 9.90. The number of imidazole rings is 2. The Labute approximate surface area is 270 Å². The van der Waals surface area contributed by atoms with Crippen LogP contribution in [0, 0.1) is 12.1 Å². The van der Waals surface area contributed by atoms with Gasteiger partial charge in [0.25, 0.3) is 0 Å². The van der Waals surface area contributed by atoms with Gasteiger partial charge >= 0.3 is 21.1 Å². The molecular formula is C38H32N4OPt. The van der Waals surface area contributed by atoms with Gasteiger partial charge in [0.05, 0.1) is 11.3 Å². The smallest absolute Gasteiger partial charge is 0.497 e. The second-order valence-corrected chi connectivity index (χ2v) is 13.5. The first-order valence-corrected chi connectivity index (χ1v) is 14.8. The molecule has 0 saturated heterocycles. The largest absolute Gasteiger partial charge is 2.00 e. The van der Waals surface area contributed by atoms with Crippen LogP contribution < -0.4 is 4.74 Å². The summed E-state index contributed by atoms with van der Waals surface area (Å²) in [5.41, 5.74) is 6.66. The molecule has 0 fully saturated rings. The zero-order valence-corrected chi connectivity index (χ0v) is 27.9. The van der Waals surface area contributed by atoms with Crippen molar-refractivity contribution in [1.29, 1.82) is 0 Å². The van der Waals surface area contributed by atoms with Crippen LogP contribution in [0.25, 0.3) is 54.6 Å². The van der Waals surface area contributed by atoms with E-state index in [9.17, 15) is 0 Å². The predicted molar refractivity (Wildman–Crippen MR) is 176 cm³/mol. The molecule has 0 aliphatic heterocycles. The van der Waals surface area contributed by atoms with Gasteiger partial charge in [0, 0.05) is 47.3 Å². The molecular weight excluding hydrogens is 724 g/mol. The fourth-order valence-corrected chi connectivity index (χ4v) is 6.58. The minimum Gasteiger partial charge on any atom is -0.497 e. The van der Waals surface area contributed by atoms with Crippen molar-refractivity contribution >= 4 is 54.6 Å². The molecule has 0 radical (unpaired) electrons. The number of aromatic nitrogens is 4. The molecule has 0 aliphatic rings. The molecule has 0 unspecified atom stereocenters. The van der Waals surface area contributed by atoms with Crippen LogP contribution in [0.4, 0.5) is 0 Å². The topological polar surface area (TPSA) is 43.8 Å². The maximum absolute atomic E-state index is 6.44. The number of ether oxygens (including phenoxy) is 1. The number of benzene rings is 4. The Bertz CT molecular complexity index is 2230. The molecule has 4 aromatic carbocycles. The predicted octanol–water partition coefficient (Wildman–Crippen LogP) is 9.58. The molecule has 4 heterocycles. The van der Waals surface area contributed by atoms with Gasteiger partial charge in [-0.2, -0.15) is 0 Å². The van der Waals surface area contributed by atoms with Crippen molar-refractivity contribution in [3.05, 3.63) is 109 Å². The van der Waals surface area contributed by atoms with Gasteiger partial charge < -0.3 is 13.5 Å². The summed E-state index contributed by atoms with van der Waals surface area (Å²) in [6.45, 7) is 13.5. The average molecular weight is 756 g/mol. The Morgan fingerprint density at radius 1 is 0.568 bits per heavy atom. The number of fused-ring (bicyclic) bond motifs is 12. The van der Waals surface area contributed by atoms with Gasteiger partial charge in [-0.3, -0.25) is 9.97 Å². The maximum Gasteiger partial charge on any atom is 2.00 e. The number of rotatable bonds is 2. The summed E-state index contributed by atoms with van der Waals surface area (Å²) < 4.78 is 10.8. The second-order valence-electron chi connectivity index (χ2n) is 13.5. The standard InChI is InChI=1S/C38H32N4O.Pt/c1-37(2,3)31-11-7-9-27-25-15-13-23(21-29(25)35-39-17-19-41(35)33(27)31)43-24-14-16-26-28-10-8-12-32(38(4,5)6)34(28)42-20-18-40-36(42)30(26)22-24;/h7-20H,1-6H3;/q-2;+2. The van der Waals surface area contributed by atoms with Gasteiger partial charge in [-0.1, -0.05) is 124 Å². The summed E-state index contributed by atoms with van der Waals surface area (Å²) in [7, 11) is 0. The van der Waals surface area contributed by atoms with E-state index < -0.39 is 0 Å². The first-order chi connectivity index (χ1) is 20.6. The zero-order valence-electron chi connectivity index (χ0n) is 25.6. The van der Waals surface area contributed by atoms with Crippen molar-refractivity contribution in [3.8, 4) is 11.5 Å². The molecule has 0 bridgehead atoms. The van der Waals surface area contributed by atoms with Gasteiger partial charge in [0.1, 0.15) is 0 Å². The van der Waals surface area contributed by atoms with Crippen molar-refractivity contribution in [2.75, 3.05) is 0 Å². The first-order valence-electron chi connectivity index (χ1n) is 14.8. The van der Waals surface area contributed by atoms with Gasteiger partial charge in [0.2, 0.25) is 0 Å². The summed E-state index contributed by atoms with van der Waals surface area (Å²) in [4.78, 5) is 9.50. The Hall–Kier alpha value is -4.21. The van der Waals surface area contributed by atoms with Crippen LogP contribution in [-0.4, -0.2) is 18.8 Å². The molecule has 44 heavy (non-hydrogen) atoms. The third-order valence-corrected chi connectivity index (χ3v) is 8.54. The third kappa shape index (κ3) is 4.24. The number of pyridine rings is 2. The zero-order chi connectivity index (χ0) is 29.7. The van der Waals surface area contributed by atoms with Crippen LogP contribution in [-0.2, 0) is 31.9 Å². The van der Waals surface area contributed by atoms with Crippen LogP contribution >= 0.6 is 0 Å². The van der Waals surface area contributed by atoms with Gasteiger partial charge in [-0.15, -0.1) is 12.1 Å². The minimum atomic E-state index is -0.0109. The van der Waals surface area contributed by atoms with E-state index in [1.54, 1.807) is 0 Å². The monoisotopic (exact) mass is 755 g/mol. The van der Waals surface area contributed by atoms with Crippen LogP contribution in [0.2, 0.25) is 0 Å². The van der Waals surface area contributed by atoms with E-state index in [0.717, 1.165) is 32.8 Å². The van der Waals surface area contributed by atoms with Crippen molar-refractivity contribution in [1.82, 2.24) is 18.8 Å². The molecule has 8 aromatic rings. The molecule has 8 rings (SSSR count). The van der Waals surface area contributed by atoms with Gasteiger partial charge in [0.15, 0.2) is 0 Å². The molecule has 0 saturated carbocycles. The number of hydrogen-bond donors (Lipinski definition) is 0. The molecule has 4 aromatic heterocycles. The summed E-state index contributed by atoms with van der Waals surface area (Å²) in [5.74, 6) is 1.24. The molecule has 0 N–H and O–H groups in total. The molecule has 0 amide bonds. The van der Waals surface area contributed by atoms with Gasteiger partial charge in [-0.05, 0) is 32.7 Å². The number of hydrogen-bond acceptors (Lipinski definition) is 3. The Morgan fingerprint density at radius 3 is 1.41 bits per heavy atom. The van der Waals surface area contributed by atoms with E-state index in [1.807, 2.05) is 36.9 Å². The van der Waals surface area contributed by atoms with Crippen LogP contribution in [0.15, 0.2) is 85.5 Å². The van der Waals surface area contributed by atoms with Crippen molar-refractivity contribution in [2.45, 2.75) is 52.4 Å².